The van der Waals surface area contributed by atoms with Gasteiger partial charge in [-0.3, -0.25) is 14.4 Å². The molecule has 5 rings (SSSR count). The predicted molar refractivity (Wildman–Crippen MR) is 168 cm³/mol. The molecule has 8 heteroatoms. The van der Waals surface area contributed by atoms with Crippen LogP contribution in [0.4, 0.5) is 11.4 Å². The maximum atomic E-state index is 13.3. The lowest BCUT2D eigenvalue weighted by Gasteiger charge is -2.17. The van der Waals surface area contributed by atoms with Crippen molar-refractivity contribution in [2.75, 3.05) is 29.1 Å². The molecule has 0 bridgehead atoms. The second-order valence-corrected chi connectivity index (χ2v) is 10.6. The molecule has 42 heavy (non-hydrogen) atoms. The van der Waals surface area contributed by atoms with Gasteiger partial charge in [-0.25, -0.2) is 0 Å². The monoisotopic (exact) mass is 577 g/mol. The van der Waals surface area contributed by atoms with Gasteiger partial charge in [-0.1, -0.05) is 48.5 Å². The third-order valence-corrected chi connectivity index (χ3v) is 7.69. The molecule has 0 unspecified atom stereocenters. The van der Waals surface area contributed by atoms with Crippen LogP contribution in [-0.2, 0) is 16.0 Å². The smallest absolute Gasteiger partial charge is 0.272 e. The first-order chi connectivity index (χ1) is 20.5. The molecule has 1 aliphatic rings. The highest BCUT2D eigenvalue weighted by Gasteiger charge is 2.24. The molecule has 4 aromatic carbocycles. The zero-order chi connectivity index (χ0) is 29.3. The summed E-state index contributed by atoms with van der Waals surface area (Å²) in [4.78, 5) is 41.8. The van der Waals surface area contributed by atoms with Crippen LogP contribution in [0.25, 0.3) is 6.08 Å². The summed E-state index contributed by atoms with van der Waals surface area (Å²) in [6.45, 7) is 3.17. The number of rotatable bonds is 10. The summed E-state index contributed by atoms with van der Waals surface area (Å²) in [5.74, 6) is 0.261. The van der Waals surface area contributed by atoms with Crippen LogP contribution in [0.3, 0.4) is 0 Å². The summed E-state index contributed by atoms with van der Waals surface area (Å²) in [7, 11) is 0. The lowest BCUT2D eigenvalue weighted by Crippen LogP contribution is -2.30. The first kappa shape index (κ1) is 28.7. The number of nitrogens with zero attached hydrogens (tertiary/aromatic N) is 1. The summed E-state index contributed by atoms with van der Waals surface area (Å²) in [6, 6.07) is 31.3. The van der Waals surface area contributed by atoms with E-state index in [1.54, 1.807) is 42.5 Å². The molecular weight excluding hydrogens is 546 g/mol. The van der Waals surface area contributed by atoms with Crippen molar-refractivity contribution < 1.29 is 19.1 Å². The number of hydrogen-bond acceptors (Lipinski definition) is 5. The second-order valence-electron chi connectivity index (χ2n) is 9.57. The minimum absolute atomic E-state index is 0.0700. The number of ether oxygens (including phenoxy) is 1. The Hall–Kier alpha value is -4.82. The lowest BCUT2D eigenvalue weighted by atomic mass is 10.1. The van der Waals surface area contributed by atoms with Crippen LogP contribution >= 0.6 is 11.8 Å². The van der Waals surface area contributed by atoms with E-state index in [4.69, 9.17) is 4.74 Å². The van der Waals surface area contributed by atoms with Gasteiger partial charge >= 0.3 is 0 Å². The molecule has 3 amide bonds. The summed E-state index contributed by atoms with van der Waals surface area (Å²) >= 11 is 1.45. The number of hydrogen-bond donors (Lipinski definition) is 2. The van der Waals surface area contributed by atoms with Crippen LogP contribution in [0.2, 0.25) is 0 Å². The summed E-state index contributed by atoms with van der Waals surface area (Å²) in [5, 5.41) is 5.62. The molecule has 1 heterocycles. The zero-order valence-electron chi connectivity index (χ0n) is 23.2. The fourth-order valence-corrected chi connectivity index (χ4v) is 5.36. The van der Waals surface area contributed by atoms with Gasteiger partial charge in [0.2, 0.25) is 5.91 Å². The first-order valence-electron chi connectivity index (χ1n) is 13.7. The maximum absolute atomic E-state index is 13.3. The zero-order valence-corrected chi connectivity index (χ0v) is 24.0. The quantitative estimate of drug-likeness (QED) is 0.174. The molecule has 0 saturated heterocycles. The molecule has 1 aliphatic heterocycles. The molecule has 0 saturated carbocycles. The van der Waals surface area contributed by atoms with Gasteiger partial charge in [-0.2, -0.15) is 0 Å². The van der Waals surface area contributed by atoms with Gasteiger partial charge in [0.15, 0.2) is 0 Å². The number of carbonyl (C=O) groups is 3. The normalized spacial score (nSPS) is 12.4. The van der Waals surface area contributed by atoms with Crippen LogP contribution in [0.1, 0.15) is 28.4 Å². The van der Waals surface area contributed by atoms with E-state index < -0.39 is 5.91 Å². The van der Waals surface area contributed by atoms with Gasteiger partial charge in [-0.05, 0) is 85.1 Å². The van der Waals surface area contributed by atoms with Gasteiger partial charge in [0, 0.05) is 28.4 Å². The number of amides is 3. The highest BCUT2D eigenvalue weighted by molar-refractivity contribution is 8.00. The number of nitrogens with one attached hydrogen (secondary N) is 2. The average molecular weight is 578 g/mol. The average Bonchev–Trinajstić information content (AvgIpc) is 3.46. The van der Waals surface area contributed by atoms with Gasteiger partial charge in [0.05, 0.1) is 12.4 Å². The van der Waals surface area contributed by atoms with E-state index in [0.717, 1.165) is 28.3 Å². The second kappa shape index (κ2) is 13.7. The maximum Gasteiger partial charge on any atom is 0.272 e. The number of para-hydroxylation sites is 1. The van der Waals surface area contributed by atoms with Crippen LogP contribution < -0.4 is 20.3 Å². The molecule has 0 aliphatic carbocycles. The Labute approximate surface area is 249 Å². The lowest BCUT2D eigenvalue weighted by molar-refractivity contribution is -0.116. The minimum Gasteiger partial charge on any atom is -0.494 e. The van der Waals surface area contributed by atoms with E-state index in [1.807, 2.05) is 72.5 Å². The molecule has 0 radical (unpaired) electrons. The fourth-order valence-electron chi connectivity index (χ4n) is 4.59. The van der Waals surface area contributed by atoms with E-state index >= 15 is 0 Å². The highest BCUT2D eigenvalue weighted by atomic mass is 32.2. The first-order valence-corrected chi connectivity index (χ1v) is 14.7. The fraction of sp³-hybridized carbons (Fsp3) is 0.147. The van der Waals surface area contributed by atoms with Crippen LogP contribution in [-0.4, -0.2) is 36.6 Å². The van der Waals surface area contributed by atoms with E-state index in [-0.39, 0.29) is 17.5 Å². The van der Waals surface area contributed by atoms with Gasteiger partial charge in [0.25, 0.3) is 11.8 Å². The number of anilines is 2. The molecule has 0 atom stereocenters. The van der Waals surface area contributed by atoms with Crippen molar-refractivity contribution in [1.82, 2.24) is 5.32 Å². The third kappa shape index (κ3) is 7.27. The standard InChI is InChI=1S/C34H31N3O4S/c1-2-41-28-16-12-24(13-17-28)22-30(36-33(39)26-9-4-3-5-10-26)34(40)35-27-14-18-29(19-15-27)42-23-32(38)37-21-20-25-8-6-7-11-31(25)37/h3-19,22H,2,20-21,23H2,1H3,(H,35,40)(H,36,39)/b30-22-. The number of fused-ring (bicyclic) bond motifs is 1. The third-order valence-electron chi connectivity index (χ3n) is 6.69. The van der Waals surface area contributed by atoms with Crippen molar-refractivity contribution in [1.29, 1.82) is 0 Å². The number of thioether (sulfide) groups is 1. The Bertz CT molecular complexity index is 1590. The van der Waals surface area contributed by atoms with Crippen molar-refractivity contribution in [2.24, 2.45) is 0 Å². The van der Waals surface area contributed by atoms with Gasteiger partial charge in [-0.15, -0.1) is 11.8 Å². The summed E-state index contributed by atoms with van der Waals surface area (Å²) < 4.78 is 5.50. The van der Waals surface area contributed by atoms with Crippen molar-refractivity contribution in [3.8, 4) is 5.75 Å². The summed E-state index contributed by atoms with van der Waals surface area (Å²) in [6.07, 6.45) is 2.50. The van der Waals surface area contributed by atoms with Crippen molar-refractivity contribution in [2.45, 2.75) is 18.2 Å². The van der Waals surface area contributed by atoms with Gasteiger partial charge in [0.1, 0.15) is 11.4 Å². The van der Waals surface area contributed by atoms with Crippen LogP contribution in [0.5, 0.6) is 5.75 Å². The highest BCUT2D eigenvalue weighted by Crippen LogP contribution is 2.29. The molecule has 0 fully saturated rings. The van der Waals surface area contributed by atoms with Crippen molar-refractivity contribution in [3.05, 3.63) is 126 Å². The molecule has 7 nitrogen and oxygen atoms in total. The Morgan fingerprint density at radius 3 is 2.33 bits per heavy atom. The Morgan fingerprint density at radius 1 is 0.881 bits per heavy atom. The Morgan fingerprint density at radius 2 is 1.60 bits per heavy atom. The predicted octanol–water partition coefficient (Wildman–Crippen LogP) is 6.18. The van der Waals surface area contributed by atoms with Crippen molar-refractivity contribution in [3.63, 3.8) is 0 Å². The molecule has 0 spiro atoms. The van der Waals surface area contributed by atoms with E-state index in [0.29, 0.717) is 30.2 Å². The number of benzene rings is 4. The Kier molecular flexibility index (Phi) is 9.36. The minimum atomic E-state index is -0.462. The summed E-state index contributed by atoms with van der Waals surface area (Å²) in [5.41, 5.74) is 4.03. The topological polar surface area (TPSA) is 87.7 Å². The largest absolute Gasteiger partial charge is 0.494 e. The van der Waals surface area contributed by atoms with Crippen molar-refractivity contribution >= 4 is 46.9 Å². The number of carbonyl (C=O) groups excluding carboxylic acids is 3. The van der Waals surface area contributed by atoms with E-state index in [2.05, 4.69) is 16.7 Å². The molecular formula is C34H31N3O4S. The van der Waals surface area contributed by atoms with Gasteiger partial charge < -0.3 is 20.3 Å². The van der Waals surface area contributed by atoms with E-state index in [1.165, 1.54) is 17.3 Å². The van der Waals surface area contributed by atoms with Crippen LogP contribution in [0.15, 0.2) is 114 Å². The van der Waals surface area contributed by atoms with Crippen LogP contribution in [0, 0.1) is 0 Å². The molecule has 2 N–H and O–H groups in total. The molecule has 0 aromatic heterocycles. The SMILES string of the molecule is CCOc1ccc(/C=C(\NC(=O)c2ccccc2)C(=O)Nc2ccc(SCC(=O)N3CCc4ccccc43)cc2)cc1. The Balaban J connectivity index is 1.24. The molecule has 4 aromatic rings. The molecule has 212 valence electrons. The van der Waals surface area contributed by atoms with E-state index in [9.17, 15) is 14.4 Å².